The number of nitrogens with one attached hydrogen (secondary N) is 1. The van der Waals surface area contributed by atoms with E-state index in [0.29, 0.717) is 18.2 Å². The van der Waals surface area contributed by atoms with Crippen molar-refractivity contribution >= 4 is 11.6 Å². The predicted molar refractivity (Wildman–Crippen MR) is 110 cm³/mol. The first kappa shape index (κ1) is 18.5. The lowest BCUT2D eigenvalue weighted by molar-refractivity contribution is 0.0933. The largest absolute Gasteiger partial charge is 0.487 e. The summed E-state index contributed by atoms with van der Waals surface area (Å²) in [5.74, 6) is 0.745. The van der Waals surface area contributed by atoms with Crippen LogP contribution in [0.3, 0.4) is 0 Å². The van der Waals surface area contributed by atoms with Gasteiger partial charge in [-0.3, -0.25) is 4.79 Å². The van der Waals surface area contributed by atoms with E-state index in [1.165, 1.54) is 25.7 Å². The van der Waals surface area contributed by atoms with Crippen LogP contribution in [-0.4, -0.2) is 21.3 Å². The zero-order valence-corrected chi connectivity index (χ0v) is 16.4. The molecule has 4 rings (SSSR count). The Bertz CT molecular complexity index is 938. The lowest BCUT2D eigenvalue weighted by Gasteiger charge is -2.16. The SMILES string of the molecule is Cc1cccn2cc(COc3ccc(C(=O)NC4CCCCCC4)cc3)nc12. The van der Waals surface area contributed by atoms with Crippen molar-refractivity contribution in [3.63, 3.8) is 0 Å². The van der Waals surface area contributed by atoms with Crippen LogP contribution in [0.25, 0.3) is 5.65 Å². The lowest BCUT2D eigenvalue weighted by atomic mass is 10.1. The number of nitrogens with zero attached hydrogens (tertiary/aromatic N) is 2. The third-order valence-electron chi connectivity index (χ3n) is 5.42. The molecule has 1 fully saturated rings. The molecule has 1 aliphatic carbocycles. The molecule has 5 heteroatoms. The van der Waals surface area contributed by atoms with Gasteiger partial charge in [0.2, 0.25) is 0 Å². The molecule has 0 atom stereocenters. The van der Waals surface area contributed by atoms with Gasteiger partial charge >= 0.3 is 0 Å². The molecule has 1 aromatic carbocycles. The predicted octanol–water partition coefficient (Wildman–Crippen LogP) is 4.67. The van der Waals surface area contributed by atoms with Crippen molar-refractivity contribution in [2.45, 2.75) is 58.1 Å². The van der Waals surface area contributed by atoms with Gasteiger partial charge in [-0.05, 0) is 55.7 Å². The maximum Gasteiger partial charge on any atom is 0.251 e. The minimum absolute atomic E-state index is 0.00859. The van der Waals surface area contributed by atoms with Crippen molar-refractivity contribution in [3.8, 4) is 5.75 Å². The minimum Gasteiger partial charge on any atom is -0.487 e. The number of imidazole rings is 1. The van der Waals surface area contributed by atoms with Crippen LogP contribution in [0.4, 0.5) is 0 Å². The molecule has 1 amide bonds. The first-order valence-corrected chi connectivity index (χ1v) is 10.2. The first-order valence-electron chi connectivity index (χ1n) is 10.2. The van der Waals surface area contributed by atoms with E-state index >= 15 is 0 Å². The molecule has 2 heterocycles. The van der Waals surface area contributed by atoms with E-state index in [1.54, 1.807) is 0 Å². The van der Waals surface area contributed by atoms with Crippen molar-refractivity contribution in [3.05, 3.63) is 65.6 Å². The Labute approximate surface area is 165 Å². The number of benzene rings is 1. The third kappa shape index (κ3) is 4.35. The van der Waals surface area contributed by atoms with Crippen molar-refractivity contribution in [1.82, 2.24) is 14.7 Å². The Morgan fingerprint density at radius 3 is 2.61 bits per heavy atom. The van der Waals surface area contributed by atoms with Gasteiger partial charge in [0, 0.05) is 24.0 Å². The maximum absolute atomic E-state index is 12.5. The number of aryl methyl sites for hydroxylation is 1. The van der Waals surface area contributed by atoms with Crippen molar-refractivity contribution in [2.75, 3.05) is 0 Å². The summed E-state index contributed by atoms with van der Waals surface area (Å²) in [6.45, 7) is 2.44. The number of rotatable bonds is 5. The van der Waals surface area contributed by atoms with Crippen LogP contribution in [0.1, 0.15) is 60.1 Å². The Morgan fingerprint density at radius 1 is 1.14 bits per heavy atom. The monoisotopic (exact) mass is 377 g/mol. The second kappa shape index (κ2) is 8.46. The molecule has 5 nitrogen and oxygen atoms in total. The molecule has 0 bridgehead atoms. The number of carbonyl (C=O) groups excluding carboxylic acids is 1. The number of fused-ring (bicyclic) bond motifs is 1. The van der Waals surface area contributed by atoms with Crippen LogP contribution in [-0.2, 0) is 6.61 Å². The van der Waals surface area contributed by atoms with Gasteiger partial charge < -0.3 is 14.5 Å². The van der Waals surface area contributed by atoms with Crippen LogP contribution in [0.5, 0.6) is 5.75 Å². The summed E-state index contributed by atoms with van der Waals surface area (Å²) in [5.41, 5.74) is 3.65. The third-order valence-corrected chi connectivity index (χ3v) is 5.42. The summed E-state index contributed by atoms with van der Waals surface area (Å²) in [5, 5.41) is 3.18. The maximum atomic E-state index is 12.5. The summed E-state index contributed by atoms with van der Waals surface area (Å²) in [7, 11) is 0. The van der Waals surface area contributed by atoms with E-state index in [4.69, 9.17) is 4.74 Å². The van der Waals surface area contributed by atoms with E-state index in [1.807, 2.05) is 60.1 Å². The van der Waals surface area contributed by atoms with Gasteiger partial charge in [0.15, 0.2) is 0 Å². The molecule has 0 spiro atoms. The highest BCUT2D eigenvalue weighted by atomic mass is 16.5. The smallest absolute Gasteiger partial charge is 0.251 e. The molecular weight excluding hydrogens is 350 g/mol. The normalized spacial score (nSPS) is 15.3. The minimum atomic E-state index is 0.00859. The average Bonchev–Trinajstić information content (AvgIpc) is 2.97. The van der Waals surface area contributed by atoms with Crippen LogP contribution >= 0.6 is 0 Å². The summed E-state index contributed by atoms with van der Waals surface area (Å²) in [6, 6.07) is 11.7. The van der Waals surface area contributed by atoms with Crippen LogP contribution in [0.15, 0.2) is 48.8 Å². The van der Waals surface area contributed by atoms with Crippen molar-refractivity contribution in [2.24, 2.45) is 0 Å². The number of ether oxygens (including phenoxy) is 1. The Kier molecular flexibility index (Phi) is 5.60. The lowest BCUT2D eigenvalue weighted by Crippen LogP contribution is -2.34. The highest BCUT2D eigenvalue weighted by molar-refractivity contribution is 5.94. The Hall–Kier alpha value is -2.82. The van der Waals surface area contributed by atoms with E-state index < -0.39 is 0 Å². The number of carbonyl (C=O) groups is 1. The van der Waals surface area contributed by atoms with Crippen LogP contribution in [0, 0.1) is 6.92 Å². The second-order valence-electron chi connectivity index (χ2n) is 7.63. The molecule has 0 unspecified atom stereocenters. The fraction of sp³-hybridized carbons (Fsp3) is 0.391. The molecule has 1 aliphatic rings. The average molecular weight is 377 g/mol. The number of amides is 1. The molecule has 2 aromatic heterocycles. The number of hydrogen-bond donors (Lipinski definition) is 1. The molecule has 1 N–H and O–H groups in total. The van der Waals surface area contributed by atoms with Crippen molar-refractivity contribution < 1.29 is 9.53 Å². The number of hydrogen-bond acceptors (Lipinski definition) is 3. The number of pyridine rings is 1. The Balaban J connectivity index is 1.34. The topological polar surface area (TPSA) is 55.6 Å². The van der Waals surface area contributed by atoms with Gasteiger partial charge in [-0.15, -0.1) is 0 Å². The van der Waals surface area contributed by atoms with Gasteiger partial charge in [-0.2, -0.15) is 0 Å². The summed E-state index contributed by atoms with van der Waals surface area (Å²) >= 11 is 0. The zero-order valence-electron chi connectivity index (χ0n) is 16.4. The van der Waals surface area contributed by atoms with Gasteiger partial charge in [0.25, 0.3) is 5.91 Å². The van der Waals surface area contributed by atoms with Crippen LogP contribution in [0.2, 0.25) is 0 Å². The first-order chi connectivity index (χ1) is 13.7. The van der Waals surface area contributed by atoms with E-state index in [0.717, 1.165) is 35.5 Å². The molecular formula is C23H27N3O2. The molecule has 0 saturated heterocycles. The van der Waals surface area contributed by atoms with Gasteiger partial charge in [-0.25, -0.2) is 4.98 Å². The molecule has 1 saturated carbocycles. The second-order valence-corrected chi connectivity index (χ2v) is 7.63. The van der Waals surface area contributed by atoms with E-state index in [-0.39, 0.29) is 5.91 Å². The fourth-order valence-electron chi connectivity index (χ4n) is 3.83. The van der Waals surface area contributed by atoms with Gasteiger partial charge in [-0.1, -0.05) is 31.7 Å². The summed E-state index contributed by atoms with van der Waals surface area (Å²) < 4.78 is 7.86. The standard InChI is InChI=1S/C23H27N3O2/c1-17-7-6-14-26-15-20(24-22(17)26)16-28-21-12-10-18(11-13-21)23(27)25-19-8-4-2-3-5-9-19/h6-7,10-15,19H,2-5,8-9,16H2,1H3,(H,25,27). The highest BCUT2D eigenvalue weighted by Crippen LogP contribution is 2.19. The molecule has 146 valence electrons. The molecule has 0 aliphatic heterocycles. The highest BCUT2D eigenvalue weighted by Gasteiger charge is 2.15. The van der Waals surface area contributed by atoms with E-state index in [2.05, 4.69) is 10.3 Å². The Morgan fingerprint density at radius 2 is 1.89 bits per heavy atom. The summed E-state index contributed by atoms with van der Waals surface area (Å²) in [4.78, 5) is 17.1. The van der Waals surface area contributed by atoms with Gasteiger partial charge in [0.1, 0.15) is 18.0 Å². The fourth-order valence-corrected chi connectivity index (χ4v) is 3.83. The van der Waals surface area contributed by atoms with Crippen LogP contribution < -0.4 is 10.1 Å². The zero-order chi connectivity index (χ0) is 19.3. The van der Waals surface area contributed by atoms with Crippen molar-refractivity contribution in [1.29, 1.82) is 0 Å². The van der Waals surface area contributed by atoms with Gasteiger partial charge in [0.05, 0.1) is 5.69 Å². The molecule has 3 aromatic rings. The molecule has 0 radical (unpaired) electrons. The molecule has 28 heavy (non-hydrogen) atoms. The van der Waals surface area contributed by atoms with E-state index in [9.17, 15) is 4.79 Å². The number of aromatic nitrogens is 2. The quantitative estimate of drug-likeness (QED) is 0.657. The summed E-state index contributed by atoms with van der Waals surface area (Å²) in [6.07, 6.45) is 11.1.